The number of esters is 1. The fraction of sp³-hybridized carbons (Fsp3) is 0.667. The van der Waals surface area contributed by atoms with Gasteiger partial charge in [0.1, 0.15) is 18.9 Å². The van der Waals surface area contributed by atoms with Crippen LogP contribution in [0.15, 0.2) is 15.8 Å². The summed E-state index contributed by atoms with van der Waals surface area (Å²) in [5.74, 6) is -3.37. The molecule has 0 saturated carbocycles. The SMILES string of the molecule is COC(=O)CCC(=O)NC(C(C)C)[P+](=O)OC[C@H]1O[C@@H](n2cc(F)c(=O)[nH]c2=O)C[C@@H]1O. The van der Waals surface area contributed by atoms with E-state index in [1.54, 1.807) is 18.8 Å². The van der Waals surface area contributed by atoms with Crippen LogP contribution in [-0.4, -0.2) is 58.2 Å². The second-order valence-corrected chi connectivity index (χ2v) is 8.87. The van der Waals surface area contributed by atoms with Gasteiger partial charge >= 0.3 is 19.7 Å². The third kappa shape index (κ3) is 6.76. The largest absolute Gasteiger partial charge is 0.533 e. The molecule has 3 N–H and O–H groups in total. The lowest BCUT2D eigenvalue weighted by molar-refractivity contribution is -0.142. The van der Waals surface area contributed by atoms with Gasteiger partial charge in [-0.05, 0) is 4.57 Å². The number of amides is 1. The molecule has 1 aromatic rings. The number of methoxy groups -OCH3 is 1. The Morgan fingerprint density at radius 2 is 2.09 bits per heavy atom. The summed E-state index contributed by atoms with van der Waals surface area (Å²) in [4.78, 5) is 48.0. The Kier molecular flexibility index (Phi) is 9.20. The molecule has 2 rings (SSSR count). The van der Waals surface area contributed by atoms with E-state index in [0.29, 0.717) is 6.20 Å². The Morgan fingerprint density at radius 3 is 2.72 bits per heavy atom. The summed E-state index contributed by atoms with van der Waals surface area (Å²) in [7, 11) is -1.23. The van der Waals surface area contributed by atoms with Crippen molar-refractivity contribution in [3.8, 4) is 0 Å². The molecule has 2 heterocycles. The fourth-order valence-corrected chi connectivity index (χ4v) is 4.15. The maximum atomic E-state index is 13.5. The van der Waals surface area contributed by atoms with Crippen LogP contribution in [0.1, 0.15) is 39.3 Å². The van der Waals surface area contributed by atoms with Gasteiger partial charge in [0.2, 0.25) is 11.7 Å². The Balaban J connectivity index is 1.95. The molecule has 0 bridgehead atoms. The summed E-state index contributed by atoms with van der Waals surface area (Å²) in [6, 6.07) is 0. The number of hydrogen-bond donors (Lipinski definition) is 3. The minimum Gasteiger partial charge on any atom is -0.469 e. The molecule has 1 amide bonds. The van der Waals surface area contributed by atoms with E-state index >= 15 is 0 Å². The van der Waals surface area contributed by atoms with Crippen molar-refractivity contribution in [1.29, 1.82) is 0 Å². The van der Waals surface area contributed by atoms with Crippen molar-refractivity contribution >= 4 is 19.9 Å². The van der Waals surface area contributed by atoms with Crippen LogP contribution in [0.4, 0.5) is 4.39 Å². The standard InChI is InChI=1S/C18H25FN3O9P/c1-9(2)17(20-13(24)4-5-15(25)29-3)32(28)30-8-12-11(23)6-14(31-12)22-7-10(19)16(26)21-18(22)27/h7,9,11-12,14,17,23H,4-6,8H2,1-3H3,(H-,20,21,24,26,27)/p+1/t11-,12+,14+,17?/m0/s1. The first kappa shape index (κ1) is 25.8. The van der Waals surface area contributed by atoms with Gasteiger partial charge in [-0.1, -0.05) is 13.8 Å². The van der Waals surface area contributed by atoms with E-state index < -0.39 is 61.2 Å². The van der Waals surface area contributed by atoms with Crippen molar-refractivity contribution in [2.24, 2.45) is 5.92 Å². The van der Waals surface area contributed by atoms with E-state index in [4.69, 9.17) is 9.26 Å². The van der Waals surface area contributed by atoms with Gasteiger partial charge < -0.3 is 19.9 Å². The lowest BCUT2D eigenvalue weighted by Gasteiger charge is -2.15. The third-order valence-corrected chi connectivity index (χ3v) is 6.34. The highest BCUT2D eigenvalue weighted by atomic mass is 31.1. The van der Waals surface area contributed by atoms with E-state index in [9.17, 15) is 33.2 Å². The monoisotopic (exact) mass is 478 g/mol. The molecule has 0 spiro atoms. The lowest BCUT2D eigenvalue weighted by Crippen LogP contribution is -2.37. The second-order valence-electron chi connectivity index (χ2n) is 7.49. The number of aliphatic hydroxyl groups excluding tert-OH is 1. The van der Waals surface area contributed by atoms with E-state index in [-0.39, 0.29) is 31.8 Å². The Labute approximate surface area is 182 Å². The van der Waals surface area contributed by atoms with E-state index in [1.165, 1.54) is 7.11 Å². The number of aliphatic hydroxyl groups is 1. The Bertz CT molecular complexity index is 964. The minimum atomic E-state index is -2.43. The molecule has 0 aliphatic carbocycles. The van der Waals surface area contributed by atoms with Crippen LogP contribution in [0, 0.1) is 11.7 Å². The predicted octanol–water partition coefficient (Wildman–Crippen LogP) is 0.135. The zero-order chi connectivity index (χ0) is 24.0. The highest BCUT2D eigenvalue weighted by molar-refractivity contribution is 7.40. The Morgan fingerprint density at radius 1 is 1.41 bits per heavy atom. The summed E-state index contributed by atoms with van der Waals surface area (Å²) in [5.41, 5.74) is -2.08. The summed E-state index contributed by atoms with van der Waals surface area (Å²) in [6.45, 7) is 3.11. The predicted molar refractivity (Wildman–Crippen MR) is 107 cm³/mol. The van der Waals surface area contributed by atoms with Crippen LogP contribution in [0.5, 0.6) is 0 Å². The first-order chi connectivity index (χ1) is 15.0. The molecule has 0 aromatic carbocycles. The number of nitrogens with zero attached hydrogens (tertiary/aromatic N) is 1. The maximum absolute atomic E-state index is 13.5. The molecule has 12 nitrogen and oxygen atoms in total. The van der Waals surface area contributed by atoms with E-state index in [2.05, 4.69) is 10.1 Å². The molecular weight excluding hydrogens is 452 g/mol. The number of aromatic amines is 1. The van der Waals surface area contributed by atoms with Crippen molar-refractivity contribution < 1.29 is 37.6 Å². The number of carbonyl (C=O) groups excluding carboxylic acids is 2. The van der Waals surface area contributed by atoms with Crippen LogP contribution < -0.4 is 16.6 Å². The van der Waals surface area contributed by atoms with E-state index in [0.717, 1.165) is 4.57 Å². The number of hydrogen-bond acceptors (Lipinski definition) is 9. The number of ether oxygens (including phenoxy) is 2. The summed E-state index contributed by atoms with van der Waals surface area (Å²) in [5, 5.41) is 12.7. The second kappa shape index (κ2) is 11.4. The summed E-state index contributed by atoms with van der Waals surface area (Å²) in [6.07, 6.45) is -2.83. The molecule has 0 radical (unpaired) electrons. The van der Waals surface area contributed by atoms with Crippen molar-refractivity contribution in [1.82, 2.24) is 14.9 Å². The van der Waals surface area contributed by atoms with Gasteiger partial charge in [-0.25, -0.2) is 4.79 Å². The molecule has 32 heavy (non-hydrogen) atoms. The van der Waals surface area contributed by atoms with Gasteiger partial charge in [0.05, 0.1) is 25.8 Å². The van der Waals surface area contributed by atoms with Crippen LogP contribution in [0.2, 0.25) is 0 Å². The average molecular weight is 478 g/mol. The van der Waals surface area contributed by atoms with Gasteiger partial charge in [0.25, 0.3) is 11.3 Å². The minimum absolute atomic E-state index is 0.0892. The molecule has 1 saturated heterocycles. The van der Waals surface area contributed by atoms with Crippen molar-refractivity contribution in [2.75, 3.05) is 13.7 Å². The zero-order valence-corrected chi connectivity index (χ0v) is 18.7. The van der Waals surface area contributed by atoms with E-state index in [1.807, 2.05) is 0 Å². The third-order valence-electron chi connectivity index (χ3n) is 4.76. The average Bonchev–Trinajstić information content (AvgIpc) is 3.10. The number of halogens is 1. The summed E-state index contributed by atoms with van der Waals surface area (Å²) >= 11 is 0. The molecule has 1 aromatic heterocycles. The van der Waals surface area contributed by atoms with Crippen LogP contribution in [0.25, 0.3) is 0 Å². The number of carbonyl (C=O) groups is 2. The molecule has 5 atom stereocenters. The van der Waals surface area contributed by atoms with Gasteiger partial charge in [0, 0.05) is 18.8 Å². The Hall–Kier alpha value is -2.47. The van der Waals surface area contributed by atoms with Crippen molar-refractivity contribution in [2.45, 2.75) is 57.3 Å². The fourth-order valence-electron chi connectivity index (χ4n) is 2.96. The number of nitrogens with one attached hydrogen (secondary N) is 2. The number of aromatic nitrogens is 2. The van der Waals surface area contributed by atoms with Gasteiger partial charge in [-0.15, -0.1) is 4.52 Å². The topological polar surface area (TPSA) is 166 Å². The maximum Gasteiger partial charge on any atom is 0.533 e. The molecular formula is C18H26FN3O9P+. The highest BCUT2D eigenvalue weighted by Gasteiger charge is 2.41. The zero-order valence-electron chi connectivity index (χ0n) is 17.8. The summed E-state index contributed by atoms with van der Waals surface area (Å²) < 4.78 is 42.2. The van der Waals surface area contributed by atoms with Crippen molar-refractivity contribution in [3.05, 3.63) is 32.9 Å². The first-order valence-electron chi connectivity index (χ1n) is 9.83. The first-order valence-corrected chi connectivity index (χ1v) is 11.1. The van der Waals surface area contributed by atoms with Gasteiger partial charge in [-0.2, -0.15) is 4.39 Å². The molecule has 1 aliphatic heterocycles. The van der Waals surface area contributed by atoms with Crippen LogP contribution in [-0.2, 0) is 28.2 Å². The molecule has 14 heteroatoms. The normalized spacial score (nSPS) is 21.9. The molecule has 1 aliphatic rings. The number of rotatable bonds is 10. The van der Waals surface area contributed by atoms with Crippen molar-refractivity contribution in [3.63, 3.8) is 0 Å². The quantitative estimate of drug-likeness (QED) is 0.313. The highest BCUT2D eigenvalue weighted by Crippen LogP contribution is 2.35. The molecule has 1 fully saturated rings. The number of H-pyrrole nitrogens is 1. The van der Waals surface area contributed by atoms with Crippen LogP contribution >= 0.6 is 8.03 Å². The molecule has 178 valence electrons. The van der Waals surface area contributed by atoms with Gasteiger partial charge in [0.15, 0.2) is 0 Å². The lowest BCUT2D eigenvalue weighted by atomic mass is 10.2. The van der Waals surface area contributed by atoms with Crippen LogP contribution in [0.3, 0.4) is 0 Å². The van der Waals surface area contributed by atoms with Gasteiger partial charge in [-0.3, -0.25) is 23.9 Å². The molecule has 2 unspecified atom stereocenters. The smallest absolute Gasteiger partial charge is 0.469 e.